The summed E-state index contributed by atoms with van der Waals surface area (Å²) in [5.41, 5.74) is 6.64. The monoisotopic (exact) mass is 220 g/mol. The number of nitrogens with two attached hydrogens (primary N) is 1. The molecule has 15 heavy (non-hydrogen) atoms. The normalized spacial score (nSPS) is 11.3. The van der Waals surface area contributed by atoms with Gasteiger partial charge in [0.1, 0.15) is 10.2 Å². The van der Waals surface area contributed by atoms with Crippen LogP contribution in [0.5, 0.6) is 5.88 Å². The fraction of sp³-hybridized carbons (Fsp3) is 0.111. The molecule has 0 aromatic carbocycles. The predicted octanol–water partition coefficient (Wildman–Crippen LogP) is 1.76. The summed E-state index contributed by atoms with van der Waals surface area (Å²) in [6.45, 7) is 0. The van der Waals surface area contributed by atoms with Crippen LogP contribution in [0.4, 0.5) is 5.82 Å². The summed E-state index contributed by atoms with van der Waals surface area (Å²) in [4.78, 5) is 5.29. The third-order valence-electron chi connectivity index (χ3n) is 2.32. The van der Waals surface area contributed by atoms with E-state index in [0.29, 0.717) is 11.7 Å². The van der Waals surface area contributed by atoms with Crippen LogP contribution in [0.15, 0.2) is 11.4 Å². The van der Waals surface area contributed by atoms with Gasteiger partial charge < -0.3 is 10.5 Å². The van der Waals surface area contributed by atoms with E-state index in [1.807, 2.05) is 11.4 Å². The van der Waals surface area contributed by atoms with E-state index >= 15 is 0 Å². The van der Waals surface area contributed by atoms with Gasteiger partial charge in [0, 0.05) is 5.39 Å². The Morgan fingerprint density at radius 3 is 3.20 bits per heavy atom. The molecule has 0 radical (unpaired) electrons. The van der Waals surface area contributed by atoms with Crippen LogP contribution in [0.25, 0.3) is 21.1 Å². The van der Waals surface area contributed by atoms with Crippen molar-refractivity contribution in [2.24, 2.45) is 0 Å². The summed E-state index contributed by atoms with van der Waals surface area (Å²) in [5.74, 6) is 0.939. The first kappa shape index (κ1) is 8.49. The molecule has 0 unspecified atom stereocenters. The first-order valence-corrected chi connectivity index (χ1v) is 5.24. The molecule has 0 saturated carbocycles. The van der Waals surface area contributed by atoms with E-state index in [1.54, 1.807) is 18.4 Å². The summed E-state index contributed by atoms with van der Waals surface area (Å²) in [6.07, 6.45) is 0. The number of H-pyrrole nitrogens is 1. The van der Waals surface area contributed by atoms with Crippen molar-refractivity contribution in [2.45, 2.75) is 0 Å². The van der Waals surface area contributed by atoms with Gasteiger partial charge in [-0.2, -0.15) is 5.10 Å². The second-order valence-corrected chi connectivity index (χ2v) is 4.01. The van der Waals surface area contributed by atoms with E-state index in [9.17, 15) is 0 Å². The van der Waals surface area contributed by atoms with E-state index in [4.69, 9.17) is 10.5 Å². The van der Waals surface area contributed by atoms with Crippen molar-refractivity contribution in [2.75, 3.05) is 12.8 Å². The van der Waals surface area contributed by atoms with E-state index in [1.165, 1.54) is 0 Å². The molecule has 3 rings (SSSR count). The lowest BCUT2D eigenvalue weighted by Gasteiger charge is -2.01. The molecule has 3 aromatic rings. The molecular formula is C9H8N4OS. The Kier molecular flexibility index (Phi) is 1.60. The van der Waals surface area contributed by atoms with E-state index in [0.717, 1.165) is 21.1 Å². The maximum Gasteiger partial charge on any atom is 0.227 e. The minimum Gasteiger partial charge on any atom is -0.480 e. The molecule has 0 aliphatic carbocycles. The van der Waals surface area contributed by atoms with Gasteiger partial charge >= 0.3 is 0 Å². The van der Waals surface area contributed by atoms with E-state index in [2.05, 4.69) is 15.2 Å². The van der Waals surface area contributed by atoms with Gasteiger partial charge in [-0.05, 0) is 11.4 Å². The zero-order valence-electron chi connectivity index (χ0n) is 7.94. The molecule has 0 saturated heterocycles. The van der Waals surface area contributed by atoms with Gasteiger partial charge in [0.15, 0.2) is 5.82 Å². The average Bonchev–Trinajstić information content (AvgIpc) is 2.83. The first-order valence-electron chi connectivity index (χ1n) is 4.36. The summed E-state index contributed by atoms with van der Waals surface area (Å²) in [5, 5.41) is 10.6. The van der Waals surface area contributed by atoms with Crippen molar-refractivity contribution in [3.8, 4) is 5.88 Å². The van der Waals surface area contributed by atoms with Crippen LogP contribution in [0, 0.1) is 0 Å². The summed E-state index contributed by atoms with van der Waals surface area (Å²) >= 11 is 1.56. The highest BCUT2D eigenvalue weighted by Crippen LogP contribution is 2.34. The lowest BCUT2D eigenvalue weighted by molar-refractivity contribution is 0.405. The van der Waals surface area contributed by atoms with Gasteiger partial charge in [0.2, 0.25) is 5.88 Å². The lowest BCUT2D eigenvalue weighted by Crippen LogP contribution is -1.91. The highest BCUT2D eigenvalue weighted by molar-refractivity contribution is 7.16. The van der Waals surface area contributed by atoms with Gasteiger partial charge in [-0.1, -0.05) is 0 Å². The predicted molar refractivity (Wildman–Crippen MR) is 60.2 cm³/mol. The zero-order valence-corrected chi connectivity index (χ0v) is 8.76. The van der Waals surface area contributed by atoms with Gasteiger partial charge in [-0.25, -0.2) is 4.98 Å². The van der Waals surface area contributed by atoms with Gasteiger partial charge in [-0.3, -0.25) is 5.10 Å². The van der Waals surface area contributed by atoms with Gasteiger partial charge in [0.05, 0.1) is 12.6 Å². The van der Waals surface area contributed by atoms with Crippen LogP contribution < -0.4 is 10.5 Å². The Morgan fingerprint density at radius 1 is 1.53 bits per heavy atom. The molecule has 0 spiro atoms. The second-order valence-electron chi connectivity index (χ2n) is 3.12. The number of nitrogen functional groups attached to an aromatic ring is 1. The van der Waals surface area contributed by atoms with Crippen molar-refractivity contribution in [3.05, 3.63) is 11.4 Å². The molecule has 76 valence electrons. The Balaban J connectivity index is 2.60. The van der Waals surface area contributed by atoms with E-state index < -0.39 is 0 Å². The molecule has 0 atom stereocenters. The maximum atomic E-state index is 5.75. The van der Waals surface area contributed by atoms with E-state index in [-0.39, 0.29) is 0 Å². The van der Waals surface area contributed by atoms with Crippen LogP contribution in [0.2, 0.25) is 0 Å². The number of aromatic amines is 1. The minimum atomic E-state index is 0.419. The van der Waals surface area contributed by atoms with Crippen LogP contribution >= 0.6 is 11.3 Å². The largest absolute Gasteiger partial charge is 0.480 e. The number of nitrogens with zero attached hydrogens (tertiary/aromatic N) is 2. The molecule has 0 amide bonds. The molecule has 0 fully saturated rings. The number of aromatic nitrogens is 3. The number of pyridine rings is 1. The molecule has 6 heteroatoms. The third-order valence-corrected chi connectivity index (χ3v) is 3.13. The van der Waals surface area contributed by atoms with Crippen molar-refractivity contribution in [1.29, 1.82) is 0 Å². The van der Waals surface area contributed by atoms with Crippen LogP contribution in [-0.4, -0.2) is 22.3 Å². The minimum absolute atomic E-state index is 0.419. The van der Waals surface area contributed by atoms with Crippen molar-refractivity contribution < 1.29 is 4.74 Å². The molecular weight excluding hydrogens is 212 g/mol. The van der Waals surface area contributed by atoms with Crippen LogP contribution in [0.1, 0.15) is 0 Å². The number of hydrogen-bond acceptors (Lipinski definition) is 5. The van der Waals surface area contributed by atoms with Crippen molar-refractivity contribution >= 4 is 38.3 Å². The smallest absolute Gasteiger partial charge is 0.227 e. The molecule has 3 heterocycles. The Labute approximate surface area is 88.9 Å². The first-order chi connectivity index (χ1) is 7.31. The number of hydrogen-bond donors (Lipinski definition) is 2. The molecule has 5 nitrogen and oxygen atoms in total. The second kappa shape index (κ2) is 2.83. The molecule has 3 N–H and O–H groups in total. The van der Waals surface area contributed by atoms with Crippen molar-refractivity contribution in [3.63, 3.8) is 0 Å². The standard InChI is InChI=1S/C9H8N4OS/c1-14-8-5-6(12-13-7(5)10)4-2-3-15-9(4)11-8/h2-3H,1H3,(H3,10,12,13). The number of rotatable bonds is 1. The number of fused-ring (bicyclic) bond motifs is 3. The molecule has 0 aliphatic heterocycles. The number of ether oxygens (including phenoxy) is 1. The quantitative estimate of drug-likeness (QED) is 0.655. The lowest BCUT2D eigenvalue weighted by atomic mass is 10.2. The van der Waals surface area contributed by atoms with Gasteiger partial charge in [-0.15, -0.1) is 11.3 Å². The Hall–Kier alpha value is -1.82. The van der Waals surface area contributed by atoms with Crippen molar-refractivity contribution in [1.82, 2.24) is 15.2 Å². The van der Waals surface area contributed by atoms with Gasteiger partial charge in [0.25, 0.3) is 0 Å². The summed E-state index contributed by atoms with van der Waals surface area (Å²) < 4.78 is 5.20. The molecule has 0 bridgehead atoms. The number of methoxy groups -OCH3 is 1. The number of nitrogens with one attached hydrogen (secondary N) is 1. The fourth-order valence-electron chi connectivity index (χ4n) is 1.64. The fourth-order valence-corrected chi connectivity index (χ4v) is 2.41. The Morgan fingerprint density at radius 2 is 2.40 bits per heavy atom. The molecule has 3 aromatic heterocycles. The third kappa shape index (κ3) is 1.02. The Bertz CT molecular complexity index is 642. The van der Waals surface area contributed by atoms with Crippen LogP contribution in [-0.2, 0) is 0 Å². The average molecular weight is 220 g/mol. The zero-order chi connectivity index (χ0) is 10.4. The summed E-state index contributed by atoms with van der Waals surface area (Å²) in [7, 11) is 1.58. The van der Waals surface area contributed by atoms with Crippen LogP contribution in [0.3, 0.4) is 0 Å². The highest BCUT2D eigenvalue weighted by atomic mass is 32.1. The molecule has 0 aliphatic rings. The number of anilines is 1. The maximum absolute atomic E-state index is 5.75. The summed E-state index contributed by atoms with van der Waals surface area (Å²) in [6, 6.07) is 1.99. The highest BCUT2D eigenvalue weighted by Gasteiger charge is 2.14. The number of thiophene rings is 1. The topological polar surface area (TPSA) is 76.8 Å². The SMILES string of the molecule is COc1nc2sccc2c2[nH]nc(N)c12.